The van der Waals surface area contributed by atoms with Crippen molar-refractivity contribution in [1.29, 1.82) is 0 Å². The minimum absolute atomic E-state index is 0.176. The quantitative estimate of drug-likeness (QED) is 0.854. The Labute approximate surface area is 113 Å². The SMILES string of the molecule is O=C(COC(=O)[C@H]1CCCO1)Nc1ccc(F)cc1F. The molecule has 1 fully saturated rings. The standard InChI is InChI=1S/C13H13F2NO4/c14-8-3-4-10(9(15)6-8)16-12(17)7-20-13(18)11-2-1-5-19-11/h3-4,6,11H,1-2,5,7H2,(H,16,17)/t11-/m1/s1. The van der Waals surface area contributed by atoms with Crippen molar-refractivity contribution in [1.82, 2.24) is 0 Å². The summed E-state index contributed by atoms with van der Waals surface area (Å²) in [6.07, 6.45) is 0.699. The molecule has 108 valence electrons. The summed E-state index contributed by atoms with van der Waals surface area (Å²) in [5.41, 5.74) is -0.176. The maximum Gasteiger partial charge on any atom is 0.335 e. The second kappa shape index (κ2) is 6.42. The zero-order valence-corrected chi connectivity index (χ0v) is 10.5. The molecule has 1 aliphatic rings. The highest BCUT2D eigenvalue weighted by atomic mass is 19.1. The molecule has 0 bridgehead atoms. The van der Waals surface area contributed by atoms with Crippen molar-refractivity contribution >= 4 is 17.6 Å². The molecular formula is C13H13F2NO4. The van der Waals surface area contributed by atoms with Crippen molar-refractivity contribution in [3.05, 3.63) is 29.8 Å². The molecule has 0 aliphatic carbocycles. The molecule has 1 heterocycles. The number of carbonyl (C=O) groups excluding carboxylic acids is 2. The van der Waals surface area contributed by atoms with Crippen LogP contribution in [0.4, 0.5) is 14.5 Å². The van der Waals surface area contributed by atoms with Crippen molar-refractivity contribution in [2.24, 2.45) is 0 Å². The van der Waals surface area contributed by atoms with Crippen LogP contribution in [-0.2, 0) is 19.1 Å². The Kier molecular flexibility index (Phi) is 4.62. The van der Waals surface area contributed by atoms with E-state index < -0.39 is 36.2 Å². The van der Waals surface area contributed by atoms with Crippen LogP contribution >= 0.6 is 0 Å². The molecule has 1 aromatic carbocycles. The molecule has 1 saturated heterocycles. The maximum absolute atomic E-state index is 13.3. The Balaban J connectivity index is 1.81. The summed E-state index contributed by atoms with van der Waals surface area (Å²) in [4.78, 5) is 22.9. The fourth-order valence-electron chi connectivity index (χ4n) is 1.77. The van der Waals surface area contributed by atoms with Crippen LogP contribution in [0.1, 0.15) is 12.8 Å². The topological polar surface area (TPSA) is 64.6 Å². The lowest BCUT2D eigenvalue weighted by Gasteiger charge is -2.10. The Morgan fingerprint density at radius 3 is 2.85 bits per heavy atom. The average molecular weight is 285 g/mol. The summed E-state index contributed by atoms with van der Waals surface area (Å²) >= 11 is 0. The van der Waals surface area contributed by atoms with Crippen LogP contribution in [0, 0.1) is 11.6 Å². The summed E-state index contributed by atoms with van der Waals surface area (Å²) in [6.45, 7) is -0.0533. The number of benzene rings is 1. The number of hydrogen-bond donors (Lipinski definition) is 1. The number of amides is 1. The molecule has 1 atom stereocenters. The fourth-order valence-corrected chi connectivity index (χ4v) is 1.77. The summed E-state index contributed by atoms with van der Waals surface area (Å²) in [7, 11) is 0. The van der Waals surface area contributed by atoms with Crippen molar-refractivity contribution in [2.75, 3.05) is 18.5 Å². The minimum atomic E-state index is -0.899. The predicted molar refractivity (Wildman–Crippen MR) is 64.9 cm³/mol. The number of nitrogens with one attached hydrogen (secondary N) is 1. The average Bonchev–Trinajstić information content (AvgIpc) is 2.93. The lowest BCUT2D eigenvalue weighted by Crippen LogP contribution is -2.27. The van der Waals surface area contributed by atoms with Crippen LogP contribution in [0.5, 0.6) is 0 Å². The smallest absolute Gasteiger partial charge is 0.335 e. The van der Waals surface area contributed by atoms with Gasteiger partial charge in [0.25, 0.3) is 5.91 Å². The van der Waals surface area contributed by atoms with Crippen molar-refractivity contribution in [3.8, 4) is 0 Å². The molecule has 5 nitrogen and oxygen atoms in total. The first-order chi connectivity index (χ1) is 9.56. The van der Waals surface area contributed by atoms with Gasteiger partial charge in [0.05, 0.1) is 5.69 Å². The molecule has 0 aromatic heterocycles. The second-order valence-electron chi connectivity index (χ2n) is 4.28. The van der Waals surface area contributed by atoms with E-state index in [4.69, 9.17) is 9.47 Å². The highest BCUT2D eigenvalue weighted by molar-refractivity contribution is 5.93. The molecule has 0 saturated carbocycles. The van der Waals surface area contributed by atoms with Gasteiger partial charge in [0, 0.05) is 12.7 Å². The molecule has 1 aliphatic heterocycles. The van der Waals surface area contributed by atoms with E-state index in [0.717, 1.165) is 18.6 Å². The second-order valence-corrected chi connectivity index (χ2v) is 4.28. The molecular weight excluding hydrogens is 272 g/mol. The first kappa shape index (κ1) is 14.4. The van der Waals surface area contributed by atoms with E-state index >= 15 is 0 Å². The van der Waals surface area contributed by atoms with E-state index in [-0.39, 0.29) is 5.69 Å². The number of rotatable bonds is 4. The normalized spacial score (nSPS) is 17.8. The van der Waals surface area contributed by atoms with Crippen LogP contribution in [0.3, 0.4) is 0 Å². The minimum Gasteiger partial charge on any atom is -0.454 e. The van der Waals surface area contributed by atoms with Gasteiger partial charge in [0.2, 0.25) is 0 Å². The summed E-state index contributed by atoms with van der Waals surface area (Å²) in [5, 5.41) is 2.18. The number of esters is 1. The molecule has 1 aromatic rings. The zero-order chi connectivity index (χ0) is 14.5. The predicted octanol–water partition coefficient (Wildman–Crippen LogP) is 1.63. The Bertz CT molecular complexity index is 515. The monoisotopic (exact) mass is 285 g/mol. The molecule has 0 radical (unpaired) electrons. The Morgan fingerprint density at radius 1 is 1.40 bits per heavy atom. The van der Waals surface area contributed by atoms with Gasteiger partial charge in [-0.3, -0.25) is 4.79 Å². The molecule has 1 amide bonds. The lowest BCUT2D eigenvalue weighted by molar-refractivity contribution is -0.156. The van der Waals surface area contributed by atoms with Crippen molar-refractivity contribution < 1.29 is 27.8 Å². The lowest BCUT2D eigenvalue weighted by atomic mass is 10.2. The van der Waals surface area contributed by atoms with Gasteiger partial charge in [0.1, 0.15) is 11.6 Å². The number of carbonyl (C=O) groups is 2. The van der Waals surface area contributed by atoms with E-state index in [1.807, 2.05) is 0 Å². The largest absolute Gasteiger partial charge is 0.454 e. The Hall–Kier alpha value is -2.02. The van der Waals surface area contributed by atoms with Gasteiger partial charge in [-0.2, -0.15) is 0 Å². The molecule has 0 unspecified atom stereocenters. The third-order valence-corrected chi connectivity index (χ3v) is 2.74. The van der Waals surface area contributed by atoms with Crippen LogP contribution in [0.2, 0.25) is 0 Å². The summed E-state index contributed by atoms with van der Waals surface area (Å²) in [5.74, 6) is -2.96. The molecule has 2 rings (SSSR count). The number of halogens is 2. The van der Waals surface area contributed by atoms with Gasteiger partial charge in [-0.25, -0.2) is 13.6 Å². The summed E-state index contributed by atoms with van der Waals surface area (Å²) in [6, 6.07) is 2.75. The van der Waals surface area contributed by atoms with E-state index in [0.29, 0.717) is 19.1 Å². The molecule has 1 N–H and O–H groups in total. The van der Waals surface area contributed by atoms with Gasteiger partial charge in [-0.05, 0) is 25.0 Å². The van der Waals surface area contributed by atoms with Gasteiger partial charge in [-0.1, -0.05) is 0 Å². The molecule has 20 heavy (non-hydrogen) atoms. The van der Waals surface area contributed by atoms with Crippen molar-refractivity contribution in [2.45, 2.75) is 18.9 Å². The zero-order valence-electron chi connectivity index (χ0n) is 10.5. The molecule has 0 spiro atoms. The highest BCUT2D eigenvalue weighted by Crippen LogP contribution is 2.15. The maximum atomic E-state index is 13.3. The highest BCUT2D eigenvalue weighted by Gasteiger charge is 2.25. The number of ether oxygens (including phenoxy) is 2. The van der Waals surface area contributed by atoms with Crippen LogP contribution < -0.4 is 5.32 Å². The van der Waals surface area contributed by atoms with Gasteiger partial charge < -0.3 is 14.8 Å². The van der Waals surface area contributed by atoms with E-state index in [2.05, 4.69) is 5.32 Å². The fraction of sp³-hybridized carbons (Fsp3) is 0.385. The first-order valence-corrected chi connectivity index (χ1v) is 6.09. The van der Waals surface area contributed by atoms with Crippen LogP contribution in [0.25, 0.3) is 0 Å². The van der Waals surface area contributed by atoms with Crippen molar-refractivity contribution in [3.63, 3.8) is 0 Å². The van der Waals surface area contributed by atoms with Gasteiger partial charge in [-0.15, -0.1) is 0 Å². The third-order valence-electron chi connectivity index (χ3n) is 2.74. The van der Waals surface area contributed by atoms with Gasteiger partial charge >= 0.3 is 5.97 Å². The first-order valence-electron chi connectivity index (χ1n) is 6.09. The number of hydrogen-bond acceptors (Lipinski definition) is 4. The molecule has 7 heteroatoms. The third kappa shape index (κ3) is 3.74. The number of anilines is 1. The van der Waals surface area contributed by atoms with Crippen LogP contribution in [-0.4, -0.2) is 31.2 Å². The van der Waals surface area contributed by atoms with Gasteiger partial charge in [0.15, 0.2) is 12.7 Å². The summed E-state index contributed by atoms with van der Waals surface area (Å²) < 4.78 is 35.8. The van der Waals surface area contributed by atoms with E-state index in [1.54, 1.807) is 0 Å². The van der Waals surface area contributed by atoms with Crippen LogP contribution in [0.15, 0.2) is 18.2 Å². The Morgan fingerprint density at radius 2 is 2.20 bits per heavy atom. The van der Waals surface area contributed by atoms with E-state index in [1.165, 1.54) is 0 Å². The van der Waals surface area contributed by atoms with E-state index in [9.17, 15) is 18.4 Å².